The summed E-state index contributed by atoms with van der Waals surface area (Å²) in [6.45, 7) is 2.48. The van der Waals surface area contributed by atoms with Gasteiger partial charge in [0.05, 0.1) is 4.92 Å². The van der Waals surface area contributed by atoms with Crippen molar-refractivity contribution in [2.45, 2.75) is 19.4 Å². The Morgan fingerprint density at radius 2 is 2.11 bits per heavy atom. The molecule has 96 valence electrons. The Morgan fingerprint density at radius 1 is 1.39 bits per heavy atom. The quantitative estimate of drug-likeness (QED) is 0.464. The summed E-state index contributed by atoms with van der Waals surface area (Å²) >= 11 is 0. The molecule has 0 spiro atoms. The van der Waals surface area contributed by atoms with Crippen LogP contribution in [0.25, 0.3) is 0 Å². The van der Waals surface area contributed by atoms with Crippen molar-refractivity contribution in [3.8, 4) is 0 Å². The van der Waals surface area contributed by atoms with Gasteiger partial charge in [-0.3, -0.25) is 15.0 Å². The van der Waals surface area contributed by atoms with Crippen molar-refractivity contribution in [1.29, 1.82) is 0 Å². The molecular formula is C13H16N2O3. The van der Waals surface area contributed by atoms with E-state index < -0.39 is 0 Å². The number of likely N-dealkylation sites (tertiary alicyclic amines) is 1. The summed E-state index contributed by atoms with van der Waals surface area (Å²) in [6, 6.07) is 6.73. The smallest absolute Gasteiger partial charge is 0.269 e. The monoisotopic (exact) mass is 248 g/mol. The zero-order valence-electron chi connectivity index (χ0n) is 10.1. The number of carbonyl (C=O) groups excluding carboxylic acids is 1. The molecular weight excluding hydrogens is 232 g/mol. The number of nitro benzene ring substituents is 1. The molecule has 0 saturated carbocycles. The highest BCUT2D eigenvalue weighted by Gasteiger charge is 2.18. The molecule has 1 saturated heterocycles. The van der Waals surface area contributed by atoms with Crippen LogP contribution >= 0.6 is 0 Å². The largest absolute Gasteiger partial charge is 0.303 e. The van der Waals surface area contributed by atoms with E-state index in [4.69, 9.17) is 0 Å². The van der Waals surface area contributed by atoms with Gasteiger partial charge in [0.25, 0.3) is 5.69 Å². The van der Waals surface area contributed by atoms with Gasteiger partial charge in [-0.25, -0.2) is 0 Å². The van der Waals surface area contributed by atoms with Crippen LogP contribution in [0.5, 0.6) is 0 Å². The number of non-ortho nitro benzene ring substituents is 1. The minimum atomic E-state index is -0.373. The summed E-state index contributed by atoms with van der Waals surface area (Å²) in [5, 5.41) is 10.7. The molecule has 5 nitrogen and oxygen atoms in total. The van der Waals surface area contributed by atoms with E-state index >= 15 is 0 Å². The van der Waals surface area contributed by atoms with Gasteiger partial charge >= 0.3 is 0 Å². The molecule has 1 heterocycles. The third-order valence-corrected chi connectivity index (χ3v) is 3.35. The van der Waals surface area contributed by atoms with Crippen LogP contribution in [-0.2, 0) is 11.3 Å². The number of hydrogen-bond acceptors (Lipinski definition) is 4. The number of piperidine rings is 1. The van der Waals surface area contributed by atoms with E-state index in [0.29, 0.717) is 6.54 Å². The highest BCUT2D eigenvalue weighted by Crippen LogP contribution is 2.19. The van der Waals surface area contributed by atoms with E-state index in [2.05, 4.69) is 4.90 Å². The zero-order valence-corrected chi connectivity index (χ0v) is 10.1. The standard InChI is InChI=1S/C13H16N2O3/c16-10-11-4-6-14(7-5-11)9-12-2-1-3-13(8-12)15(17)18/h1-3,8,10-11H,4-7,9H2. The van der Waals surface area contributed by atoms with Gasteiger partial charge < -0.3 is 4.79 Å². The summed E-state index contributed by atoms with van der Waals surface area (Å²) < 4.78 is 0. The zero-order chi connectivity index (χ0) is 13.0. The van der Waals surface area contributed by atoms with Crippen LogP contribution in [0.4, 0.5) is 5.69 Å². The van der Waals surface area contributed by atoms with E-state index in [1.807, 2.05) is 6.07 Å². The molecule has 0 atom stereocenters. The molecule has 5 heteroatoms. The lowest BCUT2D eigenvalue weighted by Crippen LogP contribution is -2.33. The minimum absolute atomic E-state index is 0.135. The second kappa shape index (κ2) is 5.73. The summed E-state index contributed by atoms with van der Waals surface area (Å²) in [4.78, 5) is 23.2. The van der Waals surface area contributed by atoms with Crippen LogP contribution in [0.1, 0.15) is 18.4 Å². The van der Waals surface area contributed by atoms with Crippen LogP contribution in [0.2, 0.25) is 0 Å². The molecule has 0 unspecified atom stereocenters. The number of rotatable bonds is 4. The molecule has 0 amide bonds. The number of carbonyl (C=O) groups is 1. The Labute approximate surface area is 106 Å². The fraction of sp³-hybridized carbons (Fsp3) is 0.462. The van der Waals surface area contributed by atoms with Crippen LogP contribution in [0, 0.1) is 16.0 Å². The number of nitro groups is 1. The fourth-order valence-electron chi connectivity index (χ4n) is 2.27. The second-order valence-corrected chi connectivity index (χ2v) is 4.68. The predicted molar refractivity (Wildman–Crippen MR) is 67.2 cm³/mol. The molecule has 2 rings (SSSR count). The van der Waals surface area contributed by atoms with Gasteiger partial charge in [-0.15, -0.1) is 0 Å². The molecule has 1 aromatic rings. The molecule has 0 radical (unpaired) electrons. The van der Waals surface area contributed by atoms with Crippen LogP contribution in [-0.4, -0.2) is 29.2 Å². The van der Waals surface area contributed by atoms with Crippen molar-refractivity contribution in [1.82, 2.24) is 4.90 Å². The molecule has 1 aliphatic rings. The average molecular weight is 248 g/mol. The fourth-order valence-corrected chi connectivity index (χ4v) is 2.27. The maximum Gasteiger partial charge on any atom is 0.269 e. The number of benzene rings is 1. The Balaban J connectivity index is 1.95. The molecule has 0 bridgehead atoms. The number of nitrogens with zero attached hydrogens (tertiary/aromatic N) is 2. The van der Waals surface area contributed by atoms with Crippen LogP contribution in [0.15, 0.2) is 24.3 Å². The first kappa shape index (κ1) is 12.7. The summed E-state index contributed by atoms with van der Waals surface area (Å²) in [5.41, 5.74) is 1.09. The second-order valence-electron chi connectivity index (χ2n) is 4.68. The topological polar surface area (TPSA) is 63.5 Å². The van der Waals surface area contributed by atoms with Gasteiger partial charge in [0, 0.05) is 24.6 Å². The van der Waals surface area contributed by atoms with Crippen molar-refractivity contribution >= 4 is 12.0 Å². The SMILES string of the molecule is O=CC1CCN(Cc2cccc([N+](=O)[O-])c2)CC1. The molecule has 18 heavy (non-hydrogen) atoms. The number of aldehydes is 1. The normalized spacial score (nSPS) is 17.6. The molecule has 0 aliphatic carbocycles. The third kappa shape index (κ3) is 3.13. The molecule has 1 aliphatic heterocycles. The predicted octanol–water partition coefficient (Wildman–Crippen LogP) is 2.01. The summed E-state index contributed by atoms with van der Waals surface area (Å²) in [6.07, 6.45) is 2.81. The maximum atomic E-state index is 10.7. The lowest BCUT2D eigenvalue weighted by molar-refractivity contribution is -0.384. The number of hydrogen-bond donors (Lipinski definition) is 0. The molecule has 0 aromatic heterocycles. The van der Waals surface area contributed by atoms with Crippen molar-refractivity contribution in [3.63, 3.8) is 0 Å². The van der Waals surface area contributed by atoms with Crippen LogP contribution < -0.4 is 0 Å². The van der Waals surface area contributed by atoms with Crippen molar-refractivity contribution < 1.29 is 9.72 Å². The van der Waals surface area contributed by atoms with Crippen molar-refractivity contribution in [2.24, 2.45) is 5.92 Å². The first-order valence-electron chi connectivity index (χ1n) is 6.10. The Bertz CT molecular complexity index is 440. The van der Waals surface area contributed by atoms with Gasteiger partial charge in [0.2, 0.25) is 0 Å². The minimum Gasteiger partial charge on any atom is -0.303 e. The third-order valence-electron chi connectivity index (χ3n) is 3.35. The molecule has 0 N–H and O–H groups in total. The van der Waals surface area contributed by atoms with E-state index in [9.17, 15) is 14.9 Å². The van der Waals surface area contributed by atoms with E-state index in [1.165, 1.54) is 6.07 Å². The Morgan fingerprint density at radius 3 is 2.72 bits per heavy atom. The highest BCUT2D eigenvalue weighted by atomic mass is 16.6. The van der Waals surface area contributed by atoms with Gasteiger partial charge in [-0.05, 0) is 31.5 Å². The molecule has 1 aromatic carbocycles. The van der Waals surface area contributed by atoms with Gasteiger partial charge in [-0.2, -0.15) is 0 Å². The average Bonchev–Trinajstić information content (AvgIpc) is 2.40. The van der Waals surface area contributed by atoms with Crippen molar-refractivity contribution in [3.05, 3.63) is 39.9 Å². The maximum absolute atomic E-state index is 10.7. The van der Waals surface area contributed by atoms with E-state index in [-0.39, 0.29) is 16.5 Å². The first-order chi connectivity index (χ1) is 8.69. The van der Waals surface area contributed by atoms with Gasteiger partial charge in [-0.1, -0.05) is 12.1 Å². The van der Waals surface area contributed by atoms with Crippen molar-refractivity contribution in [2.75, 3.05) is 13.1 Å². The highest BCUT2D eigenvalue weighted by molar-refractivity contribution is 5.53. The lowest BCUT2D eigenvalue weighted by atomic mass is 9.98. The van der Waals surface area contributed by atoms with Gasteiger partial charge in [0.1, 0.15) is 6.29 Å². The Hall–Kier alpha value is -1.75. The van der Waals surface area contributed by atoms with Crippen LogP contribution in [0.3, 0.4) is 0 Å². The Kier molecular flexibility index (Phi) is 4.04. The van der Waals surface area contributed by atoms with E-state index in [0.717, 1.165) is 37.8 Å². The lowest BCUT2D eigenvalue weighted by Gasteiger charge is -2.29. The molecule has 1 fully saturated rings. The van der Waals surface area contributed by atoms with E-state index in [1.54, 1.807) is 12.1 Å². The van der Waals surface area contributed by atoms with Gasteiger partial charge in [0.15, 0.2) is 0 Å². The summed E-state index contributed by atoms with van der Waals surface area (Å²) in [7, 11) is 0. The first-order valence-corrected chi connectivity index (χ1v) is 6.10. The summed E-state index contributed by atoms with van der Waals surface area (Å²) in [5.74, 6) is 0.186.